The second kappa shape index (κ2) is 6.91. The van der Waals surface area contributed by atoms with Crippen LogP contribution in [0.1, 0.15) is 58.8 Å². The monoisotopic (exact) mass is 252 g/mol. The number of rotatable bonds is 5. The van der Waals surface area contributed by atoms with Crippen LogP contribution in [0.4, 0.5) is 0 Å². The fraction of sp³-hybridized carbons (Fsp3) is 1.00. The minimum absolute atomic E-state index is 0.598. The van der Waals surface area contributed by atoms with Crippen molar-refractivity contribution in [3.63, 3.8) is 0 Å². The molecule has 2 atom stereocenters. The zero-order valence-corrected chi connectivity index (χ0v) is 12.5. The summed E-state index contributed by atoms with van der Waals surface area (Å²) in [6.45, 7) is 11.3. The maximum atomic E-state index is 3.60. The third kappa shape index (κ3) is 3.71. The van der Waals surface area contributed by atoms with Gasteiger partial charge in [-0.1, -0.05) is 26.7 Å². The summed E-state index contributed by atoms with van der Waals surface area (Å²) >= 11 is 0. The summed E-state index contributed by atoms with van der Waals surface area (Å²) in [5, 5.41) is 3.60. The van der Waals surface area contributed by atoms with Gasteiger partial charge in [0.1, 0.15) is 0 Å². The molecule has 106 valence electrons. The lowest BCUT2D eigenvalue weighted by molar-refractivity contribution is 0.155. The van der Waals surface area contributed by atoms with Crippen LogP contribution in [0.25, 0.3) is 0 Å². The van der Waals surface area contributed by atoms with Gasteiger partial charge in [-0.25, -0.2) is 0 Å². The van der Waals surface area contributed by atoms with Crippen molar-refractivity contribution >= 4 is 0 Å². The Hall–Kier alpha value is -0.0800. The molecule has 0 radical (unpaired) electrons. The number of nitrogens with zero attached hydrogens (tertiary/aromatic N) is 1. The molecule has 0 aromatic heterocycles. The predicted molar refractivity (Wildman–Crippen MR) is 78.9 cm³/mol. The van der Waals surface area contributed by atoms with Crippen LogP contribution in [-0.2, 0) is 0 Å². The normalized spacial score (nSPS) is 34.7. The molecular formula is C16H32N2. The second-order valence-electron chi connectivity index (χ2n) is 6.66. The SMILES string of the molecule is CCCC1(CN2CCCC(CC)CC2)CCNC1. The van der Waals surface area contributed by atoms with Gasteiger partial charge in [0.2, 0.25) is 0 Å². The summed E-state index contributed by atoms with van der Waals surface area (Å²) in [5.74, 6) is 0.999. The third-order valence-electron chi connectivity index (χ3n) is 5.19. The molecule has 2 fully saturated rings. The van der Waals surface area contributed by atoms with E-state index in [-0.39, 0.29) is 0 Å². The van der Waals surface area contributed by atoms with E-state index >= 15 is 0 Å². The molecular weight excluding hydrogens is 220 g/mol. The first-order valence-electron chi connectivity index (χ1n) is 8.21. The van der Waals surface area contributed by atoms with Gasteiger partial charge in [0.05, 0.1) is 0 Å². The fourth-order valence-electron chi connectivity index (χ4n) is 4.02. The van der Waals surface area contributed by atoms with E-state index < -0.39 is 0 Å². The van der Waals surface area contributed by atoms with E-state index in [4.69, 9.17) is 0 Å². The van der Waals surface area contributed by atoms with E-state index in [0.717, 1.165) is 5.92 Å². The largest absolute Gasteiger partial charge is 0.316 e. The van der Waals surface area contributed by atoms with Crippen LogP contribution in [0.5, 0.6) is 0 Å². The Morgan fingerprint density at radius 3 is 2.78 bits per heavy atom. The highest BCUT2D eigenvalue weighted by Crippen LogP contribution is 2.33. The molecule has 2 aliphatic rings. The Labute approximate surface area is 114 Å². The average molecular weight is 252 g/mol. The van der Waals surface area contributed by atoms with Crippen molar-refractivity contribution in [1.82, 2.24) is 10.2 Å². The van der Waals surface area contributed by atoms with E-state index in [1.165, 1.54) is 77.7 Å². The Morgan fingerprint density at radius 1 is 1.22 bits per heavy atom. The molecule has 2 aliphatic heterocycles. The zero-order valence-electron chi connectivity index (χ0n) is 12.5. The molecule has 18 heavy (non-hydrogen) atoms. The Morgan fingerprint density at radius 2 is 2.11 bits per heavy atom. The second-order valence-corrected chi connectivity index (χ2v) is 6.66. The van der Waals surface area contributed by atoms with Crippen LogP contribution in [-0.4, -0.2) is 37.6 Å². The minimum atomic E-state index is 0.598. The molecule has 2 unspecified atom stereocenters. The number of likely N-dealkylation sites (tertiary alicyclic amines) is 1. The van der Waals surface area contributed by atoms with E-state index in [0.29, 0.717) is 5.41 Å². The minimum Gasteiger partial charge on any atom is -0.316 e. The van der Waals surface area contributed by atoms with Crippen LogP contribution in [0.3, 0.4) is 0 Å². The molecule has 0 aliphatic carbocycles. The summed E-state index contributed by atoms with van der Waals surface area (Å²) in [5.41, 5.74) is 0.598. The van der Waals surface area contributed by atoms with Gasteiger partial charge in [0, 0.05) is 13.1 Å². The zero-order chi connectivity index (χ0) is 12.8. The van der Waals surface area contributed by atoms with E-state index in [2.05, 4.69) is 24.1 Å². The first kappa shape index (κ1) is 14.3. The topological polar surface area (TPSA) is 15.3 Å². The van der Waals surface area contributed by atoms with Crippen molar-refractivity contribution in [2.45, 2.75) is 58.8 Å². The molecule has 2 saturated heterocycles. The van der Waals surface area contributed by atoms with Gasteiger partial charge in [0.25, 0.3) is 0 Å². The number of hydrogen-bond donors (Lipinski definition) is 1. The van der Waals surface area contributed by atoms with Gasteiger partial charge in [-0.2, -0.15) is 0 Å². The van der Waals surface area contributed by atoms with Crippen molar-refractivity contribution in [2.75, 3.05) is 32.7 Å². The van der Waals surface area contributed by atoms with Crippen molar-refractivity contribution in [3.8, 4) is 0 Å². The molecule has 1 N–H and O–H groups in total. The lowest BCUT2D eigenvalue weighted by Gasteiger charge is -2.34. The molecule has 0 spiro atoms. The van der Waals surface area contributed by atoms with Crippen molar-refractivity contribution < 1.29 is 0 Å². The van der Waals surface area contributed by atoms with Gasteiger partial charge in [-0.15, -0.1) is 0 Å². The highest BCUT2D eigenvalue weighted by atomic mass is 15.1. The van der Waals surface area contributed by atoms with E-state index in [1.807, 2.05) is 0 Å². The molecule has 2 nitrogen and oxygen atoms in total. The van der Waals surface area contributed by atoms with Gasteiger partial charge in [-0.05, 0) is 63.1 Å². The summed E-state index contributed by atoms with van der Waals surface area (Å²) in [4.78, 5) is 2.78. The molecule has 2 rings (SSSR count). The summed E-state index contributed by atoms with van der Waals surface area (Å²) in [6.07, 6.45) is 9.86. The Balaban J connectivity index is 1.87. The maximum Gasteiger partial charge on any atom is 0.00506 e. The Kier molecular flexibility index (Phi) is 5.50. The van der Waals surface area contributed by atoms with Gasteiger partial charge >= 0.3 is 0 Å². The lowest BCUT2D eigenvalue weighted by Crippen LogP contribution is -2.39. The quantitative estimate of drug-likeness (QED) is 0.808. The smallest absolute Gasteiger partial charge is 0.00506 e. The highest BCUT2D eigenvalue weighted by molar-refractivity contribution is 4.90. The molecule has 2 heterocycles. The van der Waals surface area contributed by atoms with Crippen LogP contribution in [0.2, 0.25) is 0 Å². The summed E-state index contributed by atoms with van der Waals surface area (Å²) in [6, 6.07) is 0. The molecule has 2 heteroatoms. The summed E-state index contributed by atoms with van der Waals surface area (Å²) in [7, 11) is 0. The highest BCUT2D eigenvalue weighted by Gasteiger charge is 2.34. The molecule has 0 saturated carbocycles. The lowest BCUT2D eigenvalue weighted by atomic mass is 9.82. The first-order valence-corrected chi connectivity index (χ1v) is 8.21. The van der Waals surface area contributed by atoms with Crippen LogP contribution in [0, 0.1) is 11.3 Å². The van der Waals surface area contributed by atoms with Crippen molar-refractivity contribution in [3.05, 3.63) is 0 Å². The molecule has 0 aromatic rings. The van der Waals surface area contributed by atoms with Crippen LogP contribution < -0.4 is 5.32 Å². The van der Waals surface area contributed by atoms with E-state index in [9.17, 15) is 0 Å². The van der Waals surface area contributed by atoms with Crippen LogP contribution in [0.15, 0.2) is 0 Å². The van der Waals surface area contributed by atoms with Crippen LogP contribution >= 0.6 is 0 Å². The standard InChI is InChI=1S/C16H32N2/c1-3-8-16(9-10-17-13-16)14-18-11-5-6-15(4-2)7-12-18/h15,17H,3-14H2,1-2H3. The molecule has 0 bridgehead atoms. The third-order valence-corrected chi connectivity index (χ3v) is 5.19. The molecule has 0 aromatic carbocycles. The average Bonchev–Trinajstić information content (AvgIpc) is 2.70. The van der Waals surface area contributed by atoms with Crippen molar-refractivity contribution in [1.29, 1.82) is 0 Å². The fourth-order valence-corrected chi connectivity index (χ4v) is 4.02. The predicted octanol–water partition coefficient (Wildman–Crippen LogP) is 3.28. The maximum absolute atomic E-state index is 3.60. The van der Waals surface area contributed by atoms with E-state index in [1.54, 1.807) is 0 Å². The Bertz CT molecular complexity index is 233. The molecule has 0 amide bonds. The van der Waals surface area contributed by atoms with Crippen molar-refractivity contribution in [2.24, 2.45) is 11.3 Å². The van der Waals surface area contributed by atoms with Gasteiger partial charge in [0.15, 0.2) is 0 Å². The number of hydrogen-bond acceptors (Lipinski definition) is 2. The first-order chi connectivity index (χ1) is 8.78. The van der Waals surface area contributed by atoms with Gasteiger partial charge in [-0.3, -0.25) is 0 Å². The summed E-state index contributed by atoms with van der Waals surface area (Å²) < 4.78 is 0. The number of nitrogens with one attached hydrogen (secondary N) is 1. The van der Waals surface area contributed by atoms with Gasteiger partial charge < -0.3 is 10.2 Å².